The van der Waals surface area contributed by atoms with Crippen LogP contribution in [0.4, 0.5) is 4.79 Å². The second-order valence-electron chi connectivity index (χ2n) is 9.93. The van der Waals surface area contributed by atoms with Gasteiger partial charge in [0, 0.05) is 10.4 Å². The summed E-state index contributed by atoms with van der Waals surface area (Å²) in [5, 5.41) is 3.16. The average molecular weight is 486 g/mol. The Hall–Kier alpha value is -2.45. The SMILES string of the molecule is O=C1C(=O)N(C23CC4CC(CC(C4)C2)C3)C(=O)N1Cc1csc(COc2ccc(Cl)cc2)n1. The normalized spacial score (nSPS) is 30.6. The minimum atomic E-state index is -0.734. The summed E-state index contributed by atoms with van der Waals surface area (Å²) in [5.74, 6) is 0.997. The maximum atomic E-state index is 13.3. The second-order valence-corrected chi connectivity index (χ2v) is 11.3. The molecule has 9 heteroatoms. The van der Waals surface area contributed by atoms with Crippen molar-refractivity contribution in [1.82, 2.24) is 14.8 Å². The molecule has 0 spiro atoms. The lowest BCUT2D eigenvalue weighted by Gasteiger charge is -2.58. The molecule has 1 aliphatic heterocycles. The number of halogens is 1. The lowest BCUT2D eigenvalue weighted by molar-refractivity contribution is -0.150. The van der Waals surface area contributed by atoms with E-state index in [0.29, 0.717) is 34.2 Å². The maximum Gasteiger partial charge on any atom is 0.335 e. The van der Waals surface area contributed by atoms with E-state index >= 15 is 0 Å². The highest BCUT2D eigenvalue weighted by Crippen LogP contribution is 2.58. The van der Waals surface area contributed by atoms with Gasteiger partial charge in [0.25, 0.3) is 0 Å². The second kappa shape index (κ2) is 7.81. The fraction of sp³-hybridized carbons (Fsp3) is 0.500. The number of hydrogen-bond donors (Lipinski definition) is 0. The largest absolute Gasteiger partial charge is 0.486 e. The summed E-state index contributed by atoms with van der Waals surface area (Å²) < 4.78 is 5.72. The number of aromatic nitrogens is 1. The van der Waals surface area contributed by atoms with Crippen LogP contribution in [0.25, 0.3) is 0 Å². The molecule has 7 nitrogen and oxygen atoms in total. The molecule has 1 aromatic carbocycles. The van der Waals surface area contributed by atoms with Crippen molar-refractivity contribution < 1.29 is 19.1 Å². The van der Waals surface area contributed by atoms with Gasteiger partial charge in [-0.3, -0.25) is 9.59 Å². The van der Waals surface area contributed by atoms with Crippen molar-refractivity contribution in [1.29, 1.82) is 0 Å². The molecule has 0 unspecified atom stereocenters. The molecule has 7 rings (SSSR count). The van der Waals surface area contributed by atoms with Crippen LogP contribution in [0.5, 0.6) is 5.75 Å². The van der Waals surface area contributed by atoms with Crippen LogP contribution in [-0.2, 0) is 22.7 Å². The number of urea groups is 1. The molecule has 4 saturated carbocycles. The van der Waals surface area contributed by atoms with Gasteiger partial charge in [-0.2, -0.15) is 0 Å². The lowest BCUT2D eigenvalue weighted by Crippen LogP contribution is -2.61. The smallest absolute Gasteiger partial charge is 0.335 e. The van der Waals surface area contributed by atoms with Crippen LogP contribution < -0.4 is 4.74 Å². The minimum absolute atomic E-state index is 0.00369. The molecule has 1 aromatic heterocycles. The van der Waals surface area contributed by atoms with Gasteiger partial charge in [0.15, 0.2) is 0 Å². The van der Waals surface area contributed by atoms with Crippen molar-refractivity contribution in [3.63, 3.8) is 0 Å². The molecule has 5 fully saturated rings. The molecule has 2 aromatic rings. The van der Waals surface area contributed by atoms with Gasteiger partial charge >= 0.3 is 17.8 Å². The van der Waals surface area contributed by atoms with Crippen molar-refractivity contribution in [2.24, 2.45) is 17.8 Å². The molecular weight excluding hydrogens is 462 g/mol. The predicted molar refractivity (Wildman–Crippen MR) is 122 cm³/mol. The van der Waals surface area contributed by atoms with Gasteiger partial charge < -0.3 is 4.74 Å². The Morgan fingerprint density at radius 3 is 2.27 bits per heavy atom. The van der Waals surface area contributed by atoms with Gasteiger partial charge in [0.05, 0.1) is 17.8 Å². The van der Waals surface area contributed by atoms with Gasteiger partial charge in [0.1, 0.15) is 17.4 Å². The molecule has 172 valence electrons. The van der Waals surface area contributed by atoms with E-state index in [-0.39, 0.29) is 13.2 Å². The van der Waals surface area contributed by atoms with E-state index in [9.17, 15) is 14.4 Å². The Kier molecular flexibility index (Phi) is 4.99. The zero-order valence-corrected chi connectivity index (χ0v) is 19.6. The van der Waals surface area contributed by atoms with Crippen molar-refractivity contribution in [3.05, 3.63) is 45.4 Å². The first kappa shape index (κ1) is 21.1. The van der Waals surface area contributed by atoms with Crippen LogP contribution >= 0.6 is 22.9 Å². The first-order valence-corrected chi connectivity index (χ1v) is 12.7. The van der Waals surface area contributed by atoms with Crippen LogP contribution in [0.1, 0.15) is 49.2 Å². The van der Waals surface area contributed by atoms with E-state index in [0.717, 1.165) is 29.2 Å². The van der Waals surface area contributed by atoms with Gasteiger partial charge in [-0.25, -0.2) is 19.6 Å². The Labute approximate surface area is 200 Å². The summed E-state index contributed by atoms with van der Waals surface area (Å²) in [6.07, 6.45) is 6.15. The molecule has 4 amide bonds. The van der Waals surface area contributed by atoms with Crippen molar-refractivity contribution in [2.75, 3.05) is 0 Å². The van der Waals surface area contributed by atoms with Crippen LogP contribution in [0.2, 0.25) is 5.02 Å². The quantitative estimate of drug-likeness (QED) is 0.440. The van der Waals surface area contributed by atoms with Crippen molar-refractivity contribution >= 4 is 40.8 Å². The number of carbonyl (C=O) groups is 3. The van der Waals surface area contributed by atoms with E-state index in [1.165, 1.54) is 35.5 Å². The minimum Gasteiger partial charge on any atom is -0.486 e. The van der Waals surface area contributed by atoms with Crippen LogP contribution in [0.3, 0.4) is 0 Å². The molecule has 4 bridgehead atoms. The summed E-state index contributed by atoms with van der Waals surface area (Å²) in [4.78, 5) is 46.1. The predicted octanol–water partition coefficient (Wildman–Crippen LogP) is 4.64. The Morgan fingerprint density at radius 1 is 1.00 bits per heavy atom. The van der Waals surface area contributed by atoms with Crippen LogP contribution in [-0.4, -0.2) is 38.2 Å². The number of thiazole rings is 1. The number of amides is 4. The Bertz CT molecular complexity index is 1100. The summed E-state index contributed by atoms with van der Waals surface area (Å²) in [6.45, 7) is 0.274. The molecule has 2 heterocycles. The zero-order chi connectivity index (χ0) is 22.7. The highest BCUT2D eigenvalue weighted by atomic mass is 35.5. The molecule has 0 radical (unpaired) electrons. The van der Waals surface area contributed by atoms with Crippen LogP contribution in [0, 0.1) is 17.8 Å². The van der Waals surface area contributed by atoms with Gasteiger partial charge in [0.2, 0.25) is 0 Å². The molecule has 4 aliphatic carbocycles. The Morgan fingerprint density at radius 2 is 1.64 bits per heavy atom. The summed E-state index contributed by atoms with van der Waals surface area (Å²) >= 11 is 7.29. The highest BCUT2D eigenvalue weighted by molar-refractivity contribution is 7.09. The molecule has 1 saturated heterocycles. The monoisotopic (exact) mass is 485 g/mol. The number of rotatable bonds is 6. The van der Waals surface area contributed by atoms with E-state index in [2.05, 4.69) is 4.98 Å². The fourth-order valence-corrected chi connectivity index (χ4v) is 7.55. The topological polar surface area (TPSA) is 79.8 Å². The maximum absolute atomic E-state index is 13.3. The zero-order valence-electron chi connectivity index (χ0n) is 18.0. The Balaban J connectivity index is 1.15. The average Bonchev–Trinajstić information content (AvgIpc) is 3.31. The van der Waals surface area contributed by atoms with Crippen molar-refractivity contribution in [2.45, 2.75) is 57.2 Å². The van der Waals surface area contributed by atoms with Crippen LogP contribution in [0.15, 0.2) is 29.6 Å². The van der Waals surface area contributed by atoms with E-state index < -0.39 is 23.4 Å². The highest BCUT2D eigenvalue weighted by Gasteiger charge is 2.61. The standard InChI is InChI=1S/C24H24ClN3O4S/c25-17-1-3-19(4-2-17)32-12-20-26-18(13-33-20)11-27-21(29)22(30)28(23(27)31)24-8-14-5-15(9-24)7-16(6-14)10-24/h1-4,13-16H,5-12H2. The van der Waals surface area contributed by atoms with E-state index in [1.807, 2.05) is 0 Å². The van der Waals surface area contributed by atoms with Gasteiger partial charge in [-0.15, -0.1) is 11.3 Å². The number of nitrogens with zero attached hydrogens (tertiary/aromatic N) is 3. The van der Waals surface area contributed by atoms with E-state index in [1.54, 1.807) is 29.6 Å². The summed E-state index contributed by atoms with van der Waals surface area (Å²) in [6, 6.07) is 6.59. The fourth-order valence-electron chi connectivity index (χ4n) is 6.73. The first-order chi connectivity index (χ1) is 15.9. The third-order valence-electron chi connectivity index (χ3n) is 7.63. The molecule has 5 aliphatic rings. The van der Waals surface area contributed by atoms with Gasteiger partial charge in [-0.1, -0.05) is 11.6 Å². The molecule has 0 N–H and O–H groups in total. The van der Waals surface area contributed by atoms with Crippen molar-refractivity contribution in [3.8, 4) is 5.75 Å². The molecule has 0 atom stereocenters. The summed E-state index contributed by atoms with van der Waals surface area (Å²) in [5.41, 5.74) is 0.115. The number of carbonyl (C=O) groups excluding carboxylic acids is 3. The number of imide groups is 2. The first-order valence-electron chi connectivity index (χ1n) is 11.4. The molecular formula is C24H24ClN3O4S. The number of ether oxygens (including phenoxy) is 1. The van der Waals surface area contributed by atoms with E-state index in [4.69, 9.17) is 16.3 Å². The third-order valence-corrected chi connectivity index (χ3v) is 8.75. The van der Waals surface area contributed by atoms with Gasteiger partial charge in [-0.05, 0) is 80.5 Å². The molecule has 33 heavy (non-hydrogen) atoms. The third kappa shape index (κ3) is 3.64. The number of hydrogen-bond acceptors (Lipinski definition) is 6. The lowest BCUT2D eigenvalue weighted by atomic mass is 9.52. The summed E-state index contributed by atoms with van der Waals surface area (Å²) in [7, 11) is 0. The number of benzene rings is 1.